The van der Waals surface area contributed by atoms with Crippen LogP contribution in [0.15, 0.2) is 138 Å². The first-order chi connectivity index (χ1) is 22.4. The van der Waals surface area contributed by atoms with E-state index in [1.807, 2.05) is 24.3 Å². The smallest absolute Gasteiger partial charge is 0.417 e. The maximum Gasteiger partial charge on any atom is 0.417 e. The van der Waals surface area contributed by atoms with E-state index in [2.05, 4.69) is 67.6 Å². The van der Waals surface area contributed by atoms with Gasteiger partial charge in [-0.15, -0.1) is 0 Å². The van der Waals surface area contributed by atoms with Crippen molar-refractivity contribution in [3.05, 3.63) is 145 Å². The Morgan fingerprint density at radius 1 is 0.457 bits per heavy atom. The predicted octanol–water partition coefficient (Wildman–Crippen LogP) is 12.9. The molecule has 0 bridgehead atoms. The summed E-state index contributed by atoms with van der Waals surface area (Å²) in [7, 11) is 0. The Hall–Kier alpha value is -5.61. The normalized spacial score (nSPS) is 12.3. The van der Waals surface area contributed by atoms with Crippen LogP contribution in [0.2, 0.25) is 0 Å². The van der Waals surface area contributed by atoms with Crippen LogP contribution in [0.3, 0.4) is 0 Å². The number of aryl methyl sites for hydroxylation is 1. The van der Waals surface area contributed by atoms with Crippen molar-refractivity contribution in [3.8, 4) is 22.3 Å². The standard InChI is InChI=1S/C42H25F3O/c1-24-26-11-2-4-13-28(26)38(29-14-5-3-12-27(24)29)25-21-22-36-35(23-25)40-34(19-10-20-37(40)46-36)39-30-15-6-8-17-32(30)41(42(43,44)45)33-18-9-7-16-31(33)39/h2-23H,1H3. The Kier molecular flexibility index (Phi) is 5.64. The average molecular weight is 603 g/mol. The first-order valence-corrected chi connectivity index (χ1v) is 15.3. The van der Waals surface area contributed by atoms with Crippen molar-refractivity contribution in [2.75, 3.05) is 0 Å². The number of fused-ring (bicyclic) bond motifs is 7. The highest BCUT2D eigenvalue weighted by atomic mass is 19.4. The van der Waals surface area contributed by atoms with Gasteiger partial charge in [-0.25, -0.2) is 0 Å². The van der Waals surface area contributed by atoms with Crippen LogP contribution in [0, 0.1) is 6.92 Å². The molecule has 4 heteroatoms. The van der Waals surface area contributed by atoms with Crippen molar-refractivity contribution in [1.82, 2.24) is 0 Å². The number of alkyl halides is 3. The van der Waals surface area contributed by atoms with Gasteiger partial charge in [-0.05, 0) is 96.0 Å². The van der Waals surface area contributed by atoms with Gasteiger partial charge in [0.1, 0.15) is 11.2 Å². The molecular formula is C42H25F3O. The SMILES string of the molecule is Cc1c2ccccc2c(-c2ccc3oc4cccc(-c5c6ccccc6c(C(F)(F)F)c6ccccc56)c4c3c2)c2ccccc12. The number of halogens is 3. The van der Waals surface area contributed by atoms with Crippen molar-refractivity contribution in [1.29, 1.82) is 0 Å². The summed E-state index contributed by atoms with van der Waals surface area (Å²) in [4.78, 5) is 0. The minimum absolute atomic E-state index is 0.187. The van der Waals surface area contributed by atoms with E-state index in [0.717, 1.165) is 38.6 Å². The van der Waals surface area contributed by atoms with Gasteiger partial charge in [0.15, 0.2) is 0 Å². The van der Waals surface area contributed by atoms with Crippen molar-refractivity contribution in [2.24, 2.45) is 0 Å². The highest BCUT2D eigenvalue weighted by molar-refractivity contribution is 6.23. The molecular weight excluding hydrogens is 577 g/mol. The molecule has 0 aliphatic rings. The lowest BCUT2D eigenvalue weighted by atomic mass is 9.86. The number of benzene rings is 8. The quantitative estimate of drug-likeness (QED) is 0.179. The van der Waals surface area contributed by atoms with E-state index in [1.54, 1.807) is 48.5 Å². The fourth-order valence-electron chi connectivity index (χ4n) is 7.57. The molecule has 0 unspecified atom stereocenters. The second-order valence-corrected chi connectivity index (χ2v) is 11.9. The Labute approximate surface area is 262 Å². The lowest BCUT2D eigenvalue weighted by Crippen LogP contribution is -2.07. The molecule has 46 heavy (non-hydrogen) atoms. The highest BCUT2D eigenvalue weighted by Crippen LogP contribution is 2.48. The minimum atomic E-state index is -4.51. The molecule has 9 rings (SSSR count). The van der Waals surface area contributed by atoms with Crippen LogP contribution >= 0.6 is 0 Å². The molecule has 1 heterocycles. The van der Waals surface area contributed by atoms with Gasteiger partial charge < -0.3 is 4.42 Å². The number of hydrogen-bond acceptors (Lipinski definition) is 1. The van der Waals surface area contributed by atoms with Gasteiger partial charge in [0.2, 0.25) is 0 Å². The van der Waals surface area contributed by atoms with Gasteiger partial charge in [-0.2, -0.15) is 13.2 Å². The van der Waals surface area contributed by atoms with Gasteiger partial charge in [0, 0.05) is 10.8 Å². The van der Waals surface area contributed by atoms with Gasteiger partial charge in [0.05, 0.1) is 5.56 Å². The second kappa shape index (κ2) is 9.69. The molecule has 0 N–H and O–H groups in total. The van der Waals surface area contributed by atoms with E-state index >= 15 is 0 Å². The van der Waals surface area contributed by atoms with Crippen molar-refractivity contribution >= 4 is 65.0 Å². The largest absolute Gasteiger partial charge is 0.456 e. The lowest BCUT2D eigenvalue weighted by molar-refractivity contribution is -0.135. The Morgan fingerprint density at radius 2 is 0.957 bits per heavy atom. The van der Waals surface area contributed by atoms with E-state index < -0.39 is 11.7 Å². The van der Waals surface area contributed by atoms with Gasteiger partial charge >= 0.3 is 6.18 Å². The van der Waals surface area contributed by atoms with Gasteiger partial charge in [-0.1, -0.05) is 115 Å². The molecule has 0 amide bonds. The van der Waals surface area contributed by atoms with Crippen LogP contribution < -0.4 is 0 Å². The zero-order chi connectivity index (χ0) is 31.2. The first kappa shape index (κ1) is 26.8. The van der Waals surface area contributed by atoms with Crippen LogP contribution in [0.1, 0.15) is 11.1 Å². The molecule has 0 saturated heterocycles. The molecule has 220 valence electrons. The third kappa shape index (κ3) is 3.77. The molecule has 0 aliphatic carbocycles. The van der Waals surface area contributed by atoms with E-state index in [4.69, 9.17) is 4.42 Å². The minimum Gasteiger partial charge on any atom is -0.456 e. The maximum absolute atomic E-state index is 14.6. The van der Waals surface area contributed by atoms with Crippen LogP contribution in [0.25, 0.3) is 87.3 Å². The molecule has 1 nitrogen and oxygen atoms in total. The van der Waals surface area contributed by atoms with Crippen LogP contribution in [-0.2, 0) is 6.18 Å². The topological polar surface area (TPSA) is 13.1 Å². The molecule has 0 fully saturated rings. The third-order valence-corrected chi connectivity index (χ3v) is 9.47. The van der Waals surface area contributed by atoms with Crippen LogP contribution in [-0.4, -0.2) is 0 Å². The highest BCUT2D eigenvalue weighted by Gasteiger charge is 2.36. The van der Waals surface area contributed by atoms with E-state index in [1.165, 1.54) is 27.1 Å². The van der Waals surface area contributed by atoms with E-state index in [0.29, 0.717) is 16.4 Å². The summed E-state index contributed by atoms with van der Waals surface area (Å²) in [5.74, 6) is 0. The zero-order valence-electron chi connectivity index (χ0n) is 24.7. The van der Waals surface area contributed by atoms with E-state index in [9.17, 15) is 13.2 Å². The van der Waals surface area contributed by atoms with Crippen molar-refractivity contribution in [3.63, 3.8) is 0 Å². The van der Waals surface area contributed by atoms with Gasteiger partial charge in [0.25, 0.3) is 0 Å². The van der Waals surface area contributed by atoms with Gasteiger partial charge in [-0.3, -0.25) is 0 Å². The Balaban J connectivity index is 1.41. The number of furan rings is 1. The molecule has 0 spiro atoms. The molecule has 8 aromatic carbocycles. The van der Waals surface area contributed by atoms with E-state index in [-0.39, 0.29) is 10.8 Å². The summed E-state index contributed by atoms with van der Waals surface area (Å²) in [6.45, 7) is 2.17. The molecule has 0 aliphatic heterocycles. The Morgan fingerprint density at radius 3 is 1.50 bits per heavy atom. The average Bonchev–Trinajstić information content (AvgIpc) is 3.45. The predicted molar refractivity (Wildman–Crippen MR) is 184 cm³/mol. The lowest BCUT2D eigenvalue weighted by Gasteiger charge is -2.19. The number of hydrogen-bond donors (Lipinski definition) is 0. The summed E-state index contributed by atoms with van der Waals surface area (Å²) < 4.78 is 50.3. The number of rotatable bonds is 2. The van der Waals surface area contributed by atoms with Crippen molar-refractivity contribution < 1.29 is 17.6 Å². The Bertz CT molecular complexity index is 2580. The fourth-order valence-corrected chi connectivity index (χ4v) is 7.57. The monoisotopic (exact) mass is 602 g/mol. The summed E-state index contributed by atoms with van der Waals surface area (Å²) in [5, 5.41) is 8.05. The fraction of sp³-hybridized carbons (Fsp3) is 0.0476. The third-order valence-electron chi connectivity index (χ3n) is 9.47. The maximum atomic E-state index is 14.6. The summed E-state index contributed by atoms with van der Waals surface area (Å²) in [6, 6.07) is 42.9. The zero-order valence-corrected chi connectivity index (χ0v) is 24.7. The molecule has 1 aromatic heterocycles. The van der Waals surface area contributed by atoms with Crippen LogP contribution in [0.5, 0.6) is 0 Å². The molecule has 0 atom stereocenters. The summed E-state index contributed by atoms with van der Waals surface area (Å²) in [5.41, 5.74) is 5.87. The molecule has 9 aromatic rings. The summed E-state index contributed by atoms with van der Waals surface area (Å²) in [6.07, 6.45) is -4.51. The summed E-state index contributed by atoms with van der Waals surface area (Å²) >= 11 is 0. The van der Waals surface area contributed by atoms with Crippen molar-refractivity contribution in [2.45, 2.75) is 13.1 Å². The first-order valence-electron chi connectivity index (χ1n) is 15.3. The molecule has 0 radical (unpaired) electrons. The van der Waals surface area contributed by atoms with Crippen LogP contribution in [0.4, 0.5) is 13.2 Å². The second-order valence-electron chi connectivity index (χ2n) is 11.9. The molecule has 0 saturated carbocycles.